The molecule has 0 aliphatic heterocycles. The van der Waals surface area contributed by atoms with Crippen LogP contribution in [0.5, 0.6) is 0 Å². The molecule has 1 aromatic rings. The summed E-state index contributed by atoms with van der Waals surface area (Å²) in [5, 5.41) is 13.4. The lowest BCUT2D eigenvalue weighted by Crippen LogP contribution is -2.03. The maximum Gasteiger partial charge on any atom is 0.0718 e. The highest BCUT2D eigenvalue weighted by Gasteiger charge is 2.09. The molecule has 14 heavy (non-hydrogen) atoms. The third-order valence-corrected chi connectivity index (χ3v) is 2.65. The Morgan fingerprint density at radius 3 is 2.64 bits per heavy atom. The molecule has 0 radical (unpaired) electrons. The van der Waals surface area contributed by atoms with Crippen LogP contribution in [-0.2, 0) is 13.2 Å². The van der Waals surface area contributed by atoms with Gasteiger partial charge in [-0.1, -0.05) is 11.6 Å². The van der Waals surface area contributed by atoms with Crippen LogP contribution in [0.1, 0.15) is 23.9 Å². The van der Waals surface area contributed by atoms with Gasteiger partial charge in [0.25, 0.3) is 0 Å². The van der Waals surface area contributed by atoms with Crippen molar-refractivity contribution < 1.29 is 5.11 Å². The molecule has 4 heteroatoms. The summed E-state index contributed by atoms with van der Waals surface area (Å²) in [6, 6.07) is 0. The molecule has 1 aromatic heterocycles. The minimum Gasteiger partial charge on any atom is -0.392 e. The Labute approximate surface area is 89.0 Å². The largest absolute Gasteiger partial charge is 0.392 e. The summed E-state index contributed by atoms with van der Waals surface area (Å²) >= 11 is 5.58. The van der Waals surface area contributed by atoms with Gasteiger partial charge < -0.3 is 5.11 Å². The Morgan fingerprint density at radius 1 is 1.57 bits per heavy atom. The number of aromatic nitrogens is 2. The summed E-state index contributed by atoms with van der Waals surface area (Å²) in [4.78, 5) is 0. The minimum absolute atomic E-state index is 0.0430. The molecule has 0 unspecified atom stereocenters. The van der Waals surface area contributed by atoms with Crippen molar-refractivity contribution >= 4 is 11.6 Å². The predicted octanol–water partition coefficient (Wildman–Crippen LogP) is 2.13. The van der Waals surface area contributed by atoms with Gasteiger partial charge in [0.1, 0.15) is 0 Å². The lowest BCUT2D eigenvalue weighted by Gasteiger charge is -2.03. The second-order valence-corrected chi connectivity index (χ2v) is 3.64. The van der Waals surface area contributed by atoms with Crippen molar-refractivity contribution in [2.24, 2.45) is 0 Å². The van der Waals surface area contributed by atoms with Crippen LogP contribution in [-0.4, -0.2) is 14.9 Å². The topological polar surface area (TPSA) is 38.0 Å². The van der Waals surface area contributed by atoms with Crippen LogP contribution >= 0.6 is 11.6 Å². The molecule has 0 amide bonds. The first-order valence-corrected chi connectivity index (χ1v) is 4.93. The lowest BCUT2D eigenvalue weighted by molar-refractivity contribution is 0.280. The van der Waals surface area contributed by atoms with Crippen LogP contribution in [0, 0.1) is 13.8 Å². The van der Waals surface area contributed by atoms with E-state index in [4.69, 9.17) is 16.7 Å². The van der Waals surface area contributed by atoms with E-state index >= 15 is 0 Å². The predicted molar refractivity (Wildman–Crippen MR) is 57.2 cm³/mol. The molecule has 0 aliphatic rings. The van der Waals surface area contributed by atoms with E-state index in [0.29, 0.717) is 6.54 Å². The number of aryl methyl sites for hydroxylation is 1. The average Bonchev–Trinajstić information content (AvgIpc) is 2.42. The summed E-state index contributed by atoms with van der Waals surface area (Å²) in [5.74, 6) is 0. The maximum atomic E-state index is 9.11. The highest BCUT2D eigenvalue weighted by molar-refractivity contribution is 6.25. The highest BCUT2D eigenvalue weighted by atomic mass is 35.5. The summed E-state index contributed by atoms with van der Waals surface area (Å²) < 4.78 is 1.86. The van der Waals surface area contributed by atoms with Gasteiger partial charge in [0.15, 0.2) is 0 Å². The number of aliphatic hydroxyl groups is 1. The number of allylic oxidation sites excluding steroid dienone is 1. The first-order valence-electron chi connectivity index (χ1n) is 4.49. The highest BCUT2D eigenvalue weighted by Crippen LogP contribution is 2.14. The van der Waals surface area contributed by atoms with Crippen LogP contribution in [0.2, 0.25) is 0 Å². The van der Waals surface area contributed by atoms with Crippen molar-refractivity contribution in [3.63, 3.8) is 0 Å². The third-order valence-electron chi connectivity index (χ3n) is 2.27. The maximum absolute atomic E-state index is 9.11. The van der Waals surface area contributed by atoms with E-state index in [1.807, 2.05) is 25.5 Å². The number of aliphatic hydroxyl groups excluding tert-OH is 1. The van der Waals surface area contributed by atoms with E-state index in [0.717, 1.165) is 22.5 Å². The number of hydrogen-bond acceptors (Lipinski definition) is 2. The monoisotopic (exact) mass is 214 g/mol. The second kappa shape index (κ2) is 4.62. The third kappa shape index (κ3) is 2.16. The number of nitrogens with zero attached hydrogens (tertiary/aromatic N) is 2. The van der Waals surface area contributed by atoms with Crippen molar-refractivity contribution in [3.8, 4) is 0 Å². The molecule has 0 bridgehead atoms. The Bertz CT molecular complexity index is 355. The quantitative estimate of drug-likeness (QED) is 0.837. The van der Waals surface area contributed by atoms with Gasteiger partial charge in [0.05, 0.1) is 18.8 Å². The van der Waals surface area contributed by atoms with Crippen molar-refractivity contribution in [3.05, 3.63) is 28.1 Å². The number of rotatable bonds is 3. The summed E-state index contributed by atoms with van der Waals surface area (Å²) in [7, 11) is 0. The molecule has 0 aliphatic carbocycles. The van der Waals surface area contributed by atoms with Crippen molar-refractivity contribution in [2.45, 2.75) is 33.9 Å². The molecule has 0 saturated carbocycles. The molecule has 3 nitrogen and oxygen atoms in total. The van der Waals surface area contributed by atoms with Crippen LogP contribution < -0.4 is 0 Å². The van der Waals surface area contributed by atoms with E-state index in [1.165, 1.54) is 0 Å². The van der Waals surface area contributed by atoms with Gasteiger partial charge in [0, 0.05) is 16.8 Å². The first-order chi connectivity index (χ1) is 6.60. The minimum atomic E-state index is 0.0430. The van der Waals surface area contributed by atoms with E-state index in [-0.39, 0.29) is 6.61 Å². The summed E-state index contributed by atoms with van der Waals surface area (Å²) in [6.45, 7) is 6.52. The van der Waals surface area contributed by atoms with E-state index < -0.39 is 0 Å². The van der Waals surface area contributed by atoms with E-state index in [2.05, 4.69) is 5.10 Å². The lowest BCUT2D eigenvalue weighted by atomic mass is 10.2. The summed E-state index contributed by atoms with van der Waals surface area (Å²) in [5.41, 5.74) is 5.39. The molecular formula is C10H15ClN2O. The molecule has 1 rings (SSSR count). The molecule has 0 saturated heterocycles. The number of halogens is 1. The smallest absolute Gasteiger partial charge is 0.0718 e. The Balaban J connectivity index is 2.99. The normalized spacial score (nSPS) is 12.2. The Hall–Kier alpha value is -0.800. The molecule has 78 valence electrons. The molecule has 0 atom stereocenters. The molecule has 1 N–H and O–H groups in total. The van der Waals surface area contributed by atoms with Gasteiger partial charge >= 0.3 is 0 Å². The summed E-state index contributed by atoms with van der Waals surface area (Å²) in [6.07, 6.45) is 0. The van der Waals surface area contributed by atoms with Crippen LogP contribution in [0.4, 0.5) is 0 Å². The molecule has 0 fully saturated rings. The van der Waals surface area contributed by atoms with E-state index in [9.17, 15) is 0 Å². The number of hydrogen-bond donors (Lipinski definition) is 1. The van der Waals surface area contributed by atoms with Gasteiger partial charge in [-0.25, -0.2) is 0 Å². The zero-order chi connectivity index (χ0) is 10.7. The average molecular weight is 215 g/mol. The van der Waals surface area contributed by atoms with Gasteiger partial charge in [-0.3, -0.25) is 4.68 Å². The fraction of sp³-hybridized carbons (Fsp3) is 0.500. The van der Waals surface area contributed by atoms with Gasteiger partial charge in [-0.05, 0) is 26.3 Å². The fourth-order valence-corrected chi connectivity index (χ4v) is 1.46. The first kappa shape index (κ1) is 11.3. The second-order valence-electron chi connectivity index (χ2n) is 3.42. The van der Waals surface area contributed by atoms with Crippen molar-refractivity contribution in [1.29, 1.82) is 0 Å². The molecule has 0 aromatic carbocycles. The zero-order valence-corrected chi connectivity index (χ0v) is 9.47. The fourth-order valence-electron chi connectivity index (χ4n) is 1.39. The van der Waals surface area contributed by atoms with Crippen molar-refractivity contribution in [1.82, 2.24) is 9.78 Å². The molecular weight excluding hydrogens is 200 g/mol. The SMILES string of the molecule is CC(=CCl)Cn1nc(C)c(CO)c1C. The van der Waals surface area contributed by atoms with Crippen LogP contribution in [0.15, 0.2) is 11.1 Å². The molecule has 1 heterocycles. The van der Waals surface area contributed by atoms with Crippen LogP contribution in [0.3, 0.4) is 0 Å². The van der Waals surface area contributed by atoms with Crippen LogP contribution in [0.25, 0.3) is 0 Å². The van der Waals surface area contributed by atoms with Crippen molar-refractivity contribution in [2.75, 3.05) is 0 Å². The van der Waals surface area contributed by atoms with Gasteiger partial charge in [-0.15, -0.1) is 0 Å². The van der Waals surface area contributed by atoms with E-state index in [1.54, 1.807) is 5.54 Å². The molecule has 0 spiro atoms. The van der Waals surface area contributed by atoms with Gasteiger partial charge in [-0.2, -0.15) is 5.10 Å². The Morgan fingerprint density at radius 2 is 2.21 bits per heavy atom. The zero-order valence-electron chi connectivity index (χ0n) is 8.71. The standard InChI is InChI=1S/C10H15ClN2O/c1-7(4-11)5-13-9(3)10(6-14)8(2)12-13/h4,14H,5-6H2,1-3H3. The van der Waals surface area contributed by atoms with Gasteiger partial charge in [0.2, 0.25) is 0 Å². The Kier molecular flexibility index (Phi) is 3.72.